The van der Waals surface area contributed by atoms with Crippen LogP contribution in [-0.2, 0) is 0 Å². The highest BCUT2D eigenvalue weighted by Crippen LogP contribution is 2.36. The Balaban J connectivity index is 1.42. The van der Waals surface area contributed by atoms with Crippen molar-refractivity contribution >= 4 is 48.9 Å². The van der Waals surface area contributed by atoms with E-state index in [1.165, 1.54) is 11.3 Å². The van der Waals surface area contributed by atoms with E-state index < -0.39 is 0 Å². The lowest BCUT2D eigenvalue weighted by molar-refractivity contribution is 0.103. The molecule has 0 aliphatic carbocycles. The molecule has 1 aliphatic rings. The molecule has 1 aromatic carbocycles. The van der Waals surface area contributed by atoms with Gasteiger partial charge in [0.15, 0.2) is 5.13 Å². The third kappa shape index (κ3) is 4.29. The van der Waals surface area contributed by atoms with E-state index in [2.05, 4.69) is 10.2 Å². The molecule has 4 rings (SSSR count). The molecule has 0 saturated carbocycles. The second kappa shape index (κ2) is 8.06. The van der Waals surface area contributed by atoms with Crippen LogP contribution in [0.2, 0.25) is 0 Å². The molecule has 3 aromatic rings. The minimum absolute atomic E-state index is 0.117. The van der Waals surface area contributed by atoms with Crippen LogP contribution in [0.3, 0.4) is 0 Å². The molecule has 6 nitrogen and oxygen atoms in total. The third-order valence-corrected chi connectivity index (χ3v) is 6.74. The number of thiazole rings is 1. The van der Waals surface area contributed by atoms with Gasteiger partial charge < -0.3 is 20.1 Å². The smallest absolute Gasteiger partial charge is 0.265 e. The zero-order valence-corrected chi connectivity index (χ0v) is 17.5. The van der Waals surface area contributed by atoms with Crippen LogP contribution in [0.25, 0.3) is 9.53 Å². The van der Waals surface area contributed by atoms with Gasteiger partial charge in [-0.15, -0.1) is 11.3 Å². The Morgan fingerprint density at radius 3 is 2.61 bits per heavy atom. The molecule has 1 saturated heterocycles. The molecule has 1 amide bonds. The van der Waals surface area contributed by atoms with Crippen molar-refractivity contribution in [3.05, 3.63) is 35.2 Å². The van der Waals surface area contributed by atoms with Gasteiger partial charge in [-0.2, -0.15) is 0 Å². The zero-order chi connectivity index (χ0) is 19.7. The standard InChI is InChI=1S/C20H23N3O3S2/c1-12(2)26-15-5-3-13(4-6-15)21-18(25)16-11-17-19(27-16)22-20(28-17)23-9-7-14(24)8-10-23/h3-6,11-12,14,24H,7-10H2,1-2H3,(H,21,25). The lowest BCUT2D eigenvalue weighted by atomic mass is 10.1. The Morgan fingerprint density at radius 1 is 1.25 bits per heavy atom. The Morgan fingerprint density at radius 2 is 1.96 bits per heavy atom. The number of carbonyl (C=O) groups is 1. The first-order chi connectivity index (χ1) is 13.5. The third-order valence-electron chi connectivity index (χ3n) is 4.52. The van der Waals surface area contributed by atoms with Crippen LogP contribution in [0.15, 0.2) is 30.3 Å². The largest absolute Gasteiger partial charge is 0.491 e. The Bertz CT molecular complexity index is 925. The minimum atomic E-state index is -0.196. The summed E-state index contributed by atoms with van der Waals surface area (Å²) in [5.74, 6) is 0.655. The number of amides is 1. The first-order valence-corrected chi connectivity index (χ1v) is 11.0. The van der Waals surface area contributed by atoms with Gasteiger partial charge in [0.2, 0.25) is 0 Å². The zero-order valence-electron chi connectivity index (χ0n) is 15.8. The van der Waals surface area contributed by atoms with E-state index in [1.807, 2.05) is 44.2 Å². The SMILES string of the molecule is CC(C)Oc1ccc(NC(=O)c2cc3sc(N4CCC(O)CC4)nc3s2)cc1. The lowest BCUT2D eigenvalue weighted by Gasteiger charge is -2.28. The normalized spacial score (nSPS) is 15.4. The monoisotopic (exact) mass is 417 g/mol. The summed E-state index contributed by atoms with van der Waals surface area (Å²) in [6.45, 7) is 5.61. The average Bonchev–Trinajstić information content (AvgIpc) is 3.23. The van der Waals surface area contributed by atoms with Crippen LogP contribution >= 0.6 is 22.7 Å². The number of nitrogens with zero attached hydrogens (tertiary/aromatic N) is 2. The van der Waals surface area contributed by atoms with E-state index in [9.17, 15) is 9.90 Å². The van der Waals surface area contributed by atoms with Crippen LogP contribution < -0.4 is 15.0 Å². The highest BCUT2D eigenvalue weighted by molar-refractivity contribution is 7.29. The summed E-state index contributed by atoms with van der Waals surface area (Å²) >= 11 is 3.01. The molecule has 148 valence electrons. The quantitative estimate of drug-likeness (QED) is 0.645. The number of hydrogen-bond acceptors (Lipinski definition) is 7. The molecule has 28 heavy (non-hydrogen) atoms. The van der Waals surface area contributed by atoms with Crippen molar-refractivity contribution in [3.63, 3.8) is 0 Å². The van der Waals surface area contributed by atoms with E-state index in [0.717, 1.165) is 52.0 Å². The molecular weight excluding hydrogens is 394 g/mol. The van der Waals surface area contributed by atoms with Crippen LogP contribution in [-0.4, -0.2) is 41.3 Å². The second-order valence-electron chi connectivity index (χ2n) is 7.14. The van der Waals surface area contributed by atoms with Gasteiger partial charge >= 0.3 is 0 Å². The number of piperidine rings is 1. The number of aliphatic hydroxyl groups excluding tert-OH is 1. The summed E-state index contributed by atoms with van der Waals surface area (Å²) in [4.78, 5) is 21.0. The summed E-state index contributed by atoms with van der Waals surface area (Å²) in [5, 5.41) is 13.6. The number of nitrogens with one attached hydrogen (secondary N) is 1. The van der Waals surface area contributed by atoms with Crippen LogP contribution in [0.5, 0.6) is 5.75 Å². The molecule has 1 fully saturated rings. The van der Waals surface area contributed by atoms with E-state index in [-0.39, 0.29) is 18.1 Å². The van der Waals surface area contributed by atoms with Gasteiger partial charge in [0.25, 0.3) is 5.91 Å². The maximum atomic E-state index is 12.6. The average molecular weight is 418 g/mol. The highest BCUT2D eigenvalue weighted by atomic mass is 32.1. The summed E-state index contributed by atoms with van der Waals surface area (Å²) in [5.41, 5.74) is 0.735. The summed E-state index contributed by atoms with van der Waals surface area (Å²) in [7, 11) is 0. The van der Waals surface area contributed by atoms with Crippen molar-refractivity contribution in [1.82, 2.24) is 4.98 Å². The van der Waals surface area contributed by atoms with Crippen molar-refractivity contribution in [1.29, 1.82) is 0 Å². The van der Waals surface area contributed by atoms with E-state index >= 15 is 0 Å². The number of fused-ring (bicyclic) bond motifs is 1. The Labute approximate surface area is 171 Å². The molecule has 0 unspecified atom stereocenters. The molecule has 0 bridgehead atoms. The molecule has 0 radical (unpaired) electrons. The van der Waals surface area contributed by atoms with Crippen molar-refractivity contribution in [2.24, 2.45) is 0 Å². The molecule has 0 spiro atoms. The predicted octanol–water partition coefficient (Wildman–Crippen LogP) is 4.36. The van der Waals surface area contributed by atoms with E-state index in [0.29, 0.717) is 4.88 Å². The lowest BCUT2D eigenvalue weighted by Crippen LogP contribution is -2.35. The van der Waals surface area contributed by atoms with Gasteiger partial charge in [-0.1, -0.05) is 11.3 Å². The number of aliphatic hydroxyl groups is 1. The molecule has 3 heterocycles. The number of rotatable bonds is 5. The maximum absolute atomic E-state index is 12.6. The summed E-state index contributed by atoms with van der Waals surface area (Å²) < 4.78 is 6.64. The van der Waals surface area contributed by atoms with E-state index in [4.69, 9.17) is 9.72 Å². The number of hydrogen-bond donors (Lipinski definition) is 2. The van der Waals surface area contributed by atoms with Gasteiger partial charge in [0.1, 0.15) is 10.6 Å². The van der Waals surface area contributed by atoms with Crippen molar-refractivity contribution in [2.75, 3.05) is 23.3 Å². The Hall–Kier alpha value is -2.16. The Kier molecular flexibility index (Phi) is 5.52. The minimum Gasteiger partial charge on any atom is -0.491 e. The van der Waals surface area contributed by atoms with Crippen LogP contribution in [0.1, 0.15) is 36.4 Å². The number of ether oxygens (including phenoxy) is 1. The fourth-order valence-corrected chi connectivity index (χ4v) is 5.27. The molecule has 8 heteroatoms. The number of thiophene rings is 1. The number of aromatic nitrogens is 1. The molecule has 2 aromatic heterocycles. The molecular formula is C20H23N3O3S2. The van der Waals surface area contributed by atoms with E-state index in [1.54, 1.807) is 11.3 Å². The van der Waals surface area contributed by atoms with Crippen LogP contribution in [0, 0.1) is 0 Å². The molecule has 0 atom stereocenters. The molecule has 2 N–H and O–H groups in total. The fourth-order valence-electron chi connectivity index (χ4n) is 3.11. The van der Waals surface area contributed by atoms with Crippen molar-refractivity contribution in [2.45, 2.75) is 38.9 Å². The number of carbonyl (C=O) groups excluding carboxylic acids is 1. The summed E-state index contributed by atoms with van der Waals surface area (Å²) in [6.07, 6.45) is 1.48. The van der Waals surface area contributed by atoms with Crippen molar-refractivity contribution < 1.29 is 14.6 Å². The van der Waals surface area contributed by atoms with Gasteiger partial charge in [0, 0.05) is 18.8 Å². The van der Waals surface area contributed by atoms with Gasteiger partial charge in [-0.3, -0.25) is 4.79 Å². The summed E-state index contributed by atoms with van der Waals surface area (Å²) in [6, 6.07) is 9.29. The van der Waals surface area contributed by atoms with Crippen LogP contribution in [0.4, 0.5) is 10.8 Å². The van der Waals surface area contributed by atoms with Gasteiger partial charge in [-0.25, -0.2) is 4.98 Å². The number of benzene rings is 1. The predicted molar refractivity (Wildman–Crippen MR) is 115 cm³/mol. The second-order valence-corrected chi connectivity index (χ2v) is 9.18. The van der Waals surface area contributed by atoms with Gasteiger partial charge in [-0.05, 0) is 57.0 Å². The highest BCUT2D eigenvalue weighted by Gasteiger charge is 2.21. The maximum Gasteiger partial charge on any atom is 0.265 e. The fraction of sp³-hybridized carbons (Fsp3) is 0.400. The molecule has 1 aliphatic heterocycles. The topological polar surface area (TPSA) is 74.7 Å². The number of anilines is 2. The first-order valence-electron chi connectivity index (χ1n) is 9.39. The van der Waals surface area contributed by atoms with Gasteiger partial charge in [0.05, 0.1) is 21.8 Å². The van der Waals surface area contributed by atoms with Crippen molar-refractivity contribution in [3.8, 4) is 5.75 Å². The first kappa shape index (κ1) is 19.2.